The summed E-state index contributed by atoms with van der Waals surface area (Å²) < 4.78 is 27.8. The quantitative estimate of drug-likeness (QED) is 0.729. The first-order valence-electron chi connectivity index (χ1n) is 7.85. The van der Waals surface area contributed by atoms with E-state index in [1.807, 2.05) is 30.3 Å². The van der Waals surface area contributed by atoms with Crippen LogP contribution in [0.15, 0.2) is 30.3 Å². The first-order valence-corrected chi connectivity index (χ1v) is 10.3. The van der Waals surface area contributed by atoms with Crippen LogP contribution in [-0.2, 0) is 20.4 Å². The van der Waals surface area contributed by atoms with Gasteiger partial charge >= 0.3 is 6.09 Å². The van der Waals surface area contributed by atoms with E-state index in [-0.39, 0.29) is 24.9 Å². The number of nitrogens with zero attached hydrogens (tertiary/aromatic N) is 1. The van der Waals surface area contributed by atoms with Crippen molar-refractivity contribution >= 4 is 25.8 Å². The van der Waals surface area contributed by atoms with E-state index < -0.39 is 15.1 Å². The Morgan fingerprint density at radius 1 is 1.17 bits per heavy atom. The second-order valence-corrected chi connectivity index (χ2v) is 8.66. The molecule has 128 valence electrons. The number of rotatable bonds is 6. The van der Waals surface area contributed by atoms with Gasteiger partial charge in [-0.1, -0.05) is 49.6 Å². The molecule has 0 atom stereocenters. The number of carbonyl (C=O) groups excluding carboxylic acids is 1. The van der Waals surface area contributed by atoms with Gasteiger partial charge in [0.05, 0.1) is 5.75 Å². The largest absolute Gasteiger partial charge is 0.445 e. The van der Waals surface area contributed by atoms with Crippen molar-refractivity contribution in [1.29, 1.82) is 0 Å². The molecule has 0 N–H and O–H groups in total. The lowest BCUT2D eigenvalue weighted by Gasteiger charge is -2.33. The van der Waals surface area contributed by atoms with E-state index in [9.17, 15) is 13.2 Å². The van der Waals surface area contributed by atoms with E-state index in [0.29, 0.717) is 0 Å². The highest BCUT2D eigenvalue weighted by Crippen LogP contribution is 2.23. The minimum Gasteiger partial charge on any atom is -0.445 e. The number of ether oxygens (including phenoxy) is 1. The fourth-order valence-electron chi connectivity index (χ4n) is 2.83. The molecule has 1 aliphatic rings. The van der Waals surface area contributed by atoms with Gasteiger partial charge in [0.25, 0.3) is 0 Å². The third kappa shape index (κ3) is 6.39. The van der Waals surface area contributed by atoms with Crippen molar-refractivity contribution in [3.05, 3.63) is 35.9 Å². The van der Waals surface area contributed by atoms with Crippen LogP contribution < -0.4 is 0 Å². The zero-order valence-electron chi connectivity index (χ0n) is 13.0. The normalized spacial score (nSPS) is 16.0. The molecule has 1 aliphatic carbocycles. The maximum atomic E-state index is 12.4. The minimum absolute atomic E-state index is 0.0328. The summed E-state index contributed by atoms with van der Waals surface area (Å²) in [7, 11) is 1.65. The third-order valence-corrected chi connectivity index (χ3v) is 5.16. The van der Waals surface area contributed by atoms with Crippen molar-refractivity contribution in [3.63, 3.8) is 0 Å². The fourth-order valence-corrected chi connectivity index (χ4v) is 3.45. The van der Waals surface area contributed by atoms with E-state index in [1.54, 1.807) is 0 Å². The van der Waals surface area contributed by atoms with Crippen molar-refractivity contribution < 1.29 is 17.9 Å². The van der Waals surface area contributed by atoms with Gasteiger partial charge in [0.1, 0.15) is 6.61 Å². The van der Waals surface area contributed by atoms with Crippen LogP contribution in [0.3, 0.4) is 0 Å². The summed E-state index contributed by atoms with van der Waals surface area (Å²) in [5, 5.41) is 0. The summed E-state index contributed by atoms with van der Waals surface area (Å²) in [6.07, 6.45) is 4.52. The zero-order chi connectivity index (χ0) is 16.7. The summed E-state index contributed by atoms with van der Waals surface area (Å²) in [4.78, 5) is 13.9. The van der Waals surface area contributed by atoms with Gasteiger partial charge in [-0.05, 0) is 18.4 Å². The molecule has 0 radical (unpaired) electrons. The number of hydrogen-bond donors (Lipinski definition) is 0. The van der Waals surface area contributed by atoms with Crippen molar-refractivity contribution in [2.24, 2.45) is 0 Å². The van der Waals surface area contributed by atoms with Crippen molar-refractivity contribution in [2.75, 3.05) is 12.3 Å². The molecule has 2 rings (SSSR count). The molecule has 0 aromatic heterocycles. The van der Waals surface area contributed by atoms with Crippen LogP contribution in [0.25, 0.3) is 0 Å². The summed E-state index contributed by atoms with van der Waals surface area (Å²) in [6, 6.07) is 9.43. The second kappa shape index (κ2) is 8.55. The molecule has 23 heavy (non-hydrogen) atoms. The van der Waals surface area contributed by atoms with Gasteiger partial charge in [0.15, 0.2) is 0 Å². The van der Waals surface area contributed by atoms with E-state index >= 15 is 0 Å². The van der Waals surface area contributed by atoms with Gasteiger partial charge in [-0.3, -0.25) is 0 Å². The lowest BCUT2D eigenvalue weighted by Crippen LogP contribution is -2.43. The smallest absolute Gasteiger partial charge is 0.410 e. The number of amides is 1. The predicted molar refractivity (Wildman–Crippen MR) is 89.8 cm³/mol. The molecule has 0 bridgehead atoms. The number of hydrogen-bond acceptors (Lipinski definition) is 4. The van der Waals surface area contributed by atoms with Crippen molar-refractivity contribution in [2.45, 2.75) is 44.8 Å². The van der Waals surface area contributed by atoms with Crippen LogP contribution in [0.4, 0.5) is 4.79 Å². The summed E-state index contributed by atoms with van der Waals surface area (Å²) in [6.45, 7) is 0.251. The first kappa shape index (κ1) is 18.1. The summed E-state index contributed by atoms with van der Waals surface area (Å²) in [5.74, 6) is -0.258. The third-order valence-electron chi connectivity index (χ3n) is 4.03. The Bertz CT molecular complexity index is 600. The monoisotopic (exact) mass is 359 g/mol. The zero-order valence-corrected chi connectivity index (χ0v) is 14.6. The Kier molecular flexibility index (Phi) is 6.72. The van der Waals surface area contributed by atoms with E-state index in [4.69, 9.17) is 15.4 Å². The molecule has 0 spiro atoms. The lowest BCUT2D eigenvalue weighted by atomic mass is 9.94. The standard InChI is InChI=1S/C16H22ClNO4S/c17-23(20,21)12-11-18(15-9-5-2-6-10-15)16(19)22-13-14-7-3-1-4-8-14/h1,3-4,7-8,15H,2,5-6,9-13H2. The molecular formula is C16H22ClNO4S. The molecule has 1 amide bonds. The SMILES string of the molecule is O=C(OCc1ccccc1)N(CCS(=O)(=O)Cl)C1CCCCC1. The average molecular weight is 360 g/mol. The maximum absolute atomic E-state index is 12.4. The average Bonchev–Trinajstić information content (AvgIpc) is 2.54. The van der Waals surface area contributed by atoms with Gasteiger partial charge in [0.2, 0.25) is 9.05 Å². The van der Waals surface area contributed by atoms with E-state index in [1.165, 1.54) is 4.90 Å². The van der Waals surface area contributed by atoms with Crippen LogP contribution in [0.5, 0.6) is 0 Å². The highest BCUT2D eigenvalue weighted by molar-refractivity contribution is 8.13. The molecule has 1 fully saturated rings. The van der Waals surface area contributed by atoms with Crippen LogP contribution >= 0.6 is 10.7 Å². The topological polar surface area (TPSA) is 63.7 Å². The Labute approximate surface area is 142 Å². The number of halogens is 1. The molecule has 1 aromatic rings. The molecule has 0 heterocycles. The van der Waals surface area contributed by atoms with Gasteiger partial charge in [0, 0.05) is 23.3 Å². The number of carbonyl (C=O) groups is 1. The van der Waals surface area contributed by atoms with Gasteiger partial charge in [-0.2, -0.15) is 0 Å². The van der Waals surface area contributed by atoms with Crippen molar-refractivity contribution in [3.8, 4) is 0 Å². The molecule has 1 saturated carbocycles. The first-order chi connectivity index (χ1) is 11.0. The highest BCUT2D eigenvalue weighted by Gasteiger charge is 2.27. The predicted octanol–water partition coefficient (Wildman–Crippen LogP) is 3.53. The molecule has 0 unspecified atom stereocenters. The Morgan fingerprint density at radius 3 is 2.43 bits per heavy atom. The molecule has 0 saturated heterocycles. The molecule has 1 aromatic carbocycles. The number of benzene rings is 1. The van der Waals surface area contributed by atoms with Crippen LogP contribution in [-0.4, -0.2) is 37.8 Å². The molecule has 7 heteroatoms. The van der Waals surface area contributed by atoms with Gasteiger partial charge < -0.3 is 9.64 Å². The van der Waals surface area contributed by atoms with Crippen LogP contribution in [0.1, 0.15) is 37.7 Å². The lowest BCUT2D eigenvalue weighted by molar-refractivity contribution is 0.0747. The van der Waals surface area contributed by atoms with Crippen molar-refractivity contribution in [1.82, 2.24) is 4.90 Å². The molecular weight excluding hydrogens is 338 g/mol. The highest BCUT2D eigenvalue weighted by atomic mass is 35.7. The Morgan fingerprint density at radius 2 is 1.83 bits per heavy atom. The molecule has 5 nitrogen and oxygen atoms in total. The Balaban J connectivity index is 1.97. The van der Waals surface area contributed by atoms with Gasteiger partial charge in [-0.25, -0.2) is 13.2 Å². The summed E-state index contributed by atoms with van der Waals surface area (Å²) in [5.41, 5.74) is 0.898. The van der Waals surface area contributed by atoms with Crippen LogP contribution in [0.2, 0.25) is 0 Å². The van der Waals surface area contributed by atoms with E-state index in [2.05, 4.69) is 0 Å². The van der Waals surface area contributed by atoms with Crippen LogP contribution in [0, 0.1) is 0 Å². The maximum Gasteiger partial charge on any atom is 0.410 e. The summed E-state index contributed by atoms with van der Waals surface area (Å²) >= 11 is 0. The van der Waals surface area contributed by atoms with E-state index in [0.717, 1.165) is 37.7 Å². The molecule has 0 aliphatic heterocycles. The van der Waals surface area contributed by atoms with Gasteiger partial charge in [-0.15, -0.1) is 0 Å². The minimum atomic E-state index is -3.64. The fraction of sp³-hybridized carbons (Fsp3) is 0.562. The second-order valence-electron chi connectivity index (χ2n) is 5.77. The Hall–Kier alpha value is -1.27.